The average Bonchev–Trinajstić information content (AvgIpc) is 2.70. The minimum atomic E-state index is -3.80. The van der Waals surface area contributed by atoms with Gasteiger partial charge in [0.1, 0.15) is 4.21 Å². The van der Waals surface area contributed by atoms with Crippen molar-refractivity contribution in [2.75, 3.05) is 4.72 Å². The van der Waals surface area contributed by atoms with Crippen molar-refractivity contribution in [3.05, 3.63) is 45.2 Å². The van der Waals surface area contributed by atoms with E-state index in [9.17, 15) is 13.2 Å². The van der Waals surface area contributed by atoms with E-state index < -0.39 is 16.0 Å². The Morgan fingerprint density at radius 3 is 2.55 bits per heavy atom. The van der Waals surface area contributed by atoms with Crippen molar-refractivity contribution in [3.63, 3.8) is 0 Å². The van der Waals surface area contributed by atoms with Crippen molar-refractivity contribution in [1.82, 2.24) is 0 Å². The zero-order chi connectivity index (χ0) is 14.9. The van der Waals surface area contributed by atoms with Crippen LogP contribution in [0.1, 0.15) is 15.9 Å². The normalized spacial score (nSPS) is 11.3. The lowest BCUT2D eigenvalue weighted by Crippen LogP contribution is -2.14. The predicted octanol–water partition coefficient (Wildman–Crippen LogP) is 3.32. The second-order valence-corrected chi connectivity index (χ2v) is 8.26. The molecule has 0 spiro atoms. The van der Waals surface area contributed by atoms with Gasteiger partial charge in [0.05, 0.1) is 15.0 Å². The number of carbonyl (C=O) groups is 1. The van der Waals surface area contributed by atoms with Crippen molar-refractivity contribution in [2.24, 2.45) is 0 Å². The Bertz CT molecular complexity index is 748. The Morgan fingerprint density at radius 1 is 1.35 bits per heavy atom. The molecule has 0 aliphatic rings. The quantitative estimate of drug-likeness (QED) is 0.858. The summed E-state index contributed by atoms with van der Waals surface area (Å²) in [5.41, 5.74) is 0.757. The van der Waals surface area contributed by atoms with Crippen molar-refractivity contribution in [1.29, 1.82) is 0 Å². The van der Waals surface area contributed by atoms with E-state index in [-0.39, 0.29) is 15.5 Å². The van der Waals surface area contributed by atoms with Crippen LogP contribution < -0.4 is 4.72 Å². The number of thiophene rings is 1. The fourth-order valence-corrected chi connectivity index (χ4v) is 4.82. The SMILES string of the molecule is Cc1cc(S(=O)(=O)Nc2ccccc2C(=O)O)sc1Br. The molecule has 0 saturated heterocycles. The van der Waals surface area contributed by atoms with E-state index >= 15 is 0 Å². The zero-order valence-electron chi connectivity index (χ0n) is 10.3. The molecule has 0 amide bonds. The van der Waals surface area contributed by atoms with Gasteiger partial charge in [0, 0.05) is 0 Å². The molecular formula is C12H10BrNO4S2. The van der Waals surface area contributed by atoms with Crippen LogP contribution in [0.4, 0.5) is 5.69 Å². The van der Waals surface area contributed by atoms with E-state index in [4.69, 9.17) is 5.11 Å². The number of anilines is 1. The molecule has 0 bridgehead atoms. The molecule has 5 nitrogen and oxygen atoms in total. The lowest BCUT2D eigenvalue weighted by atomic mass is 10.2. The number of nitrogens with one attached hydrogen (secondary N) is 1. The van der Waals surface area contributed by atoms with E-state index in [1.165, 1.54) is 24.3 Å². The average molecular weight is 376 g/mol. The Hall–Kier alpha value is -1.38. The Labute approximate surface area is 128 Å². The molecule has 0 unspecified atom stereocenters. The Morgan fingerprint density at radius 2 is 2.00 bits per heavy atom. The van der Waals surface area contributed by atoms with Crippen LogP contribution in [-0.4, -0.2) is 19.5 Å². The zero-order valence-corrected chi connectivity index (χ0v) is 13.5. The number of halogens is 1. The van der Waals surface area contributed by atoms with Crippen molar-refractivity contribution in [2.45, 2.75) is 11.1 Å². The number of rotatable bonds is 4. The van der Waals surface area contributed by atoms with Crippen LogP contribution in [0.2, 0.25) is 0 Å². The van der Waals surface area contributed by atoms with E-state index in [2.05, 4.69) is 20.7 Å². The standard InChI is InChI=1S/C12H10BrNO4S2/c1-7-6-10(19-11(7)13)20(17,18)14-9-5-3-2-4-8(9)12(15)16/h2-6,14H,1H3,(H,15,16). The van der Waals surface area contributed by atoms with Gasteiger partial charge in [-0.1, -0.05) is 12.1 Å². The number of benzene rings is 1. The molecule has 1 aromatic heterocycles. The predicted molar refractivity (Wildman–Crippen MR) is 81.0 cm³/mol. The van der Waals surface area contributed by atoms with Crippen LogP contribution in [0, 0.1) is 6.92 Å². The summed E-state index contributed by atoms with van der Waals surface area (Å²) in [7, 11) is -3.80. The van der Waals surface area contributed by atoms with Gasteiger partial charge in [-0.3, -0.25) is 4.72 Å². The van der Waals surface area contributed by atoms with Crippen LogP contribution in [0.5, 0.6) is 0 Å². The Kier molecular flexibility index (Phi) is 4.17. The molecule has 2 N–H and O–H groups in total. The first-order valence-corrected chi connectivity index (χ1v) is 8.51. The number of sulfonamides is 1. The highest BCUT2D eigenvalue weighted by Gasteiger charge is 2.21. The van der Waals surface area contributed by atoms with Gasteiger partial charge in [0.15, 0.2) is 0 Å². The molecule has 2 aromatic rings. The molecule has 0 saturated carbocycles. The molecular weight excluding hydrogens is 366 g/mol. The van der Waals surface area contributed by atoms with Gasteiger partial charge >= 0.3 is 5.97 Å². The molecule has 1 heterocycles. The second kappa shape index (κ2) is 5.55. The summed E-state index contributed by atoms with van der Waals surface area (Å²) in [5.74, 6) is -1.19. The van der Waals surface area contributed by atoms with Crippen LogP contribution in [0.15, 0.2) is 38.3 Å². The van der Waals surface area contributed by atoms with Crippen LogP contribution in [-0.2, 0) is 10.0 Å². The number of hydrogen-bond acceptors (Lipinski definition) is 4. The maximum Gasteiger partial charge on any atom is 0.337 e. The molecule has 0 fully saturated rings. The largest absolute Gasteiger partial charge is 0.478 e. The number of carboxylic acid groups (broad SMARTS) is 1. The molecule has 0 aliphatic carbocycles. The number of aryl methyl sites for hydroxylation is 1. The number of carboxylic acids is 1. The molecule has 106 valence electrons. The van der Waals surface area contributed by atoms with E-state index in [1.807, 2.05) is 0 Å². The molecule has 2 rings (SSSR count). The third-order valence-electron chi connectivity index (χ3n) is 2.50. The highest BCUT2D eigenvalue weighted by molar-refractivity contribution is 9.11. The number of aromatic carboxylic acids is 1. The third-order valence-corrected chi connectivity index (χ3v) is 6.48. The summed E-state index contributed by atoms with van der Waals surface area (Å²) in [4.78, 5) is 11.1. The monoisotopic (exact) mass is 375 g/mol. The fraction of sp³-hybridized carbons (Fsp3) is 0.0833. The third kappa shape index (κ3) is 3.02. The van der Waals surface area contributed by atoms with Gasteiger partial charge < -0.3 is 5.11 Å². The van der Waals surface area contributed by atoms with Gasteiger partial charge in [-0.15, -0.1) is 11.3 Å². The maximum absolute atomic E-state index is 12.2. The smallest absolute Gasteiger partial charge is 0.337 e. The first-order chi connectivity index (χ1) is 9.31. The first kappa shape index (κ1) is 15.0. The molecule has 20 heavy (non-hydrogen) atoms. The van der Waals surface area contributed by atoms with Crippen LogP contribution in [0.25, 0.3) is 0 Å². The van der Waals surface area contributed by atoms with Crippen molar-refractivity contribution >= 4 is 48.9 Å². The minimum absolute atomic E-state index is 0.0437. The first-order valence-electron chi connectivity index (χ1n) is 5.42. The second-order valence-electron chi connectivity index (χ2n) is 3.98. The summed E-state index contributed by atoms with van der Waals surface area (Å²) >= 11 is 4.34. The highest BCUT2D eigenvalue weighted by atomic mass is 79.9. The van der Waals surface area contributed by atoms with Gasteiger partial charge in [-0.25, -0.2) is 13.2 Å². The maximum atomic E-state index is 12.2. The van der Waals surface area contributed by atoms with Gasteiger partial charge in [-0.05, 0) is 46.6 Å². The van der Waals surface area contributed by atoms with E-state index in [0.717, 1.165) is 20.7 Å². The highest BCUT2D eigenvalue weighted by Crippen LogP contribution is 2.32. The van der Waals surface area contributed by atoms with Gasteiger partial charge in [0.2, 0.25) is 0 Å². The minimum Gasteiger partial charge on any atom is -0.478 e. The van der Waals surface area contributed by atoms with Crippen LogP contribution in [0.3, 0.4) is 0 Å². The van der Waals surface area contributed by atoms with Gasteiger partial charge in [0.25, 0.3) is 10.0 Å². The summed E-state index contributed by atoms with van der Waals surface area (Å²) in [6.45, 7) is 1.78. The lowest BCUT2D eigenvalue weighted by molar-refractivity contribution is 0.0698. The van der Waals surface area contributed by atoms with Crippen molar-refractivity contribution in [3.8, 4) is 0 Å². The molecule has 1 aromatic carbocycles. The summed E-state index contributed by atoms with van der Waals surface area (Å²) in [6, 6.07) is 7.39. The number of hydrogen-bond donors (Lipinski definition) is 2. The Balaban J connectivity index is 2.41. The summed E-state index contributed by atoms with van der Waals surface area (Å²) in [5, 5.41) is 9.04. The van der Waals surface area contributed by atoms with E-state index in [1.54, 1.807) is 13.0 Å². The van der Waals surface area contributed by atoms with Crippen LogP contribution >= 0.6 is 27.3 Å². The molecule has 0 atom stereocenters. The molecule has 8 heteroatoms. The summed E-state index contributed by atoms with van der Waals surface area (Å²) < 4.78 is 27.6. The molecule has 0 aliphatic heterocycles. The fourth-order valence-electron chi connectivity index (χ4n) is 1.52. The summed E-state index contributed by atoms with van der Waals surface area (Å²) in [6.07, 6.45) is 0. The number of para-hydroxylation sites is 1. The lowest BCUT2D eigenvalue weighted by Gasteiger charge is -2.08. The topological polar surface area (TPSA) is 83.5 Å². The van der Waals surface area contributed by atoms with Crippen molar-refractivity contribution < 1.29 is 18.3 Å². The van der Waals surface area contributed by atoms with E-state index in [0.29, 0.717) is 0 Å². The molecule has 0 radical (unpaired) electrons. The van der Waals surface area contributed by atoms with Gasteiger partial charge in [-0.2, -0.15) is 0 Å².